The van der Waals surface area contributed by atoms with Crippen molar-refractivity contribution in [2.75, 3.05) is 24.6 Å². The zero-order valence-corrected chi connectivity index (χ0v) is 13.7. The van der Waals surface area contributed by atoms with Crippen molar-refractivity contribution in [3.05, 3.63) is 48.0 Å². The van der Waals surface area contributed by atoms with Crippen LogP contribution >= 0.6 is 0 Å². The molecule has 4 heteroatoms. The second-order valence-electron chi connectivity index (χ2n) is 5.68. The Labute approximate surface area is 137 Å². The number of hydrogen-bond acceptors (Lipinski definition) is 4. The molecule has 0 saturated carbocycles. The molecule has 2 aromatic rings. The third-order valence-electron chi connectivity index (χ3n) is 4.10. The van der Waals surface area contributed by atoms with Crippen molar-refractivity contribution in [2.45, 2.75) is 26.4 Å². The first kappa shape index (κ1) is 15.5. The van der Waals surface area contributed by atoms with E-state index in [-0.39, 0.29) is 11.9 Å². The number of phenolic OH excluding ortho intramolecular Hbond substituents is 1. The molecule has 4 nitrogen and oxygen atoms in total. The third-order valence-corrected chi connectivity index (χ3v) is 4.10. The summed E-state index contributed by atoms with van der Waals surface area (Å²) in [6.07, 6.45) is 0.862. The monoisotopic (exact) mass is 313 g/mol. The number of nitrogens with zero attached hydrogens (tertiary/aromatic N) is 1. The summed E-state index contributed by atoms with van der Waals surface area (Å²) in [4.78, 5) is 2.24. The second kappa shape index (κ2) is 6.82. The van der Waals surface area contributed by atoms with E-state index in [2.05, 4.69) is 17.9 Å². The Hall–Kier alpha value is -2.36. The van der Waals surface area contributed by atoms with Gasteiger partial charge in [-0.05, 0) is 37.6 Å². The third kappa shape index (κ3) is 3.36. The van der Waals surface area contributed by atoms with Gasteiger partial charge in [0.05, 0.1) is 18.8 Å². The molecular weight excluding hydrogens is 290 g/mol. The molecule has 1 heterocycles. The minimum Gasteiger partial charge on any atom is -0.508 e. The molecule has 2 aromatic carbocycles. The van der Waals surface area contributed by atoms with E-state index >= 15 is 0 Å². The SMILES string of the molecule is CCOc1ccccc1CC1CN(CC)c2cc(O)ccc2O1. The van der Waals surface area contributed by atoms with Crippen LogP contribution in [0.25, 0.3) is 0 Å². The first-order valence-electron chi connectivity index (χ1n) is 8.16. The van der Waals surface area contributed by atoms with Gasteiger partial charge in [-0.1, -0.05) is 18.2 Å². The lowest BCUT2D eigenvalue weighted by atomic mass is 10.0. The Balaban J connectivity index is 1.82. The van der Waals surface area contributed by atoms with E-state index in [9.17, 15) is 5.11 Å². The highest BCUT2D eigenvalue weighted by Gasteiger charge is 2.26. The van der Waals surface area contributed by atoms with Crippen molar-refractivity contribution >= 4 is 5.69 Å². The fourth-order valence-corrected chi connectivity index (χ4v) is 3.03. The molecule has 0 fully saturated rings. The van der Waals surface area contributed by atoms with Gasteiger partial charge >= 0.3 is 0 Å². The van der Waals surface area contributed by atoms with Crippen molar-refractivity contribution in [3.8, 4) is 17.2 Å². The van der Waals surface area contributed by atoms with Gasteiger partial charge in [-0.25, -0.2) is 0 Å². The molecule has 0 bridgehead atoms. The summed E-state index contributed by atoms with van der Waals surface area (Å²) >= 11 is 0. The maximum Gasteiger partial charge on any atom is 0.143 e. The van der Waals surface area contributed by atoms with E-state index in [0.717, 1.165) is 42.3 Å². The number of para-hydroxylation sites is 1. The molecule has 1 N–H and O–H groups in total. The number of benzene rings is 2. The van der Waals surface area contributed by atoms with E-state index in [1.165, 1.54) is 0 Å². The minimum absolute atomic E-state index is 0.0635. The highest BCUT2D eigenvalue weighted by atomic mass is 16.5. The number of likely N-dealkylation sites (N-methyl/N-ethyl adjacent to an activating group) is 1. The summed E-state index contributed by atoms with van der Waals surface area (Å²) in [5, 5.41) is 9.70. The van der Waals surface area contributed by atoms with Gasteiger partial charge in [0.2, 0.25) is 0 Å². The van der Waals surface area contributed by atoms with E-state index < -0.39 is 0 Å². The first-order valence-corrected chi connectivity index (χ1v) is 8.16. The quantitative estimate of drug-likeness (QED) is 0.915. The minimum atomic E-state index is 0.0635. The van der Waals surface area contributed by atoms with Crippen LogP contribution in [0, 0.1) is 0 Å². The van der Waals surface area contributed by atoms with Crippen LogP contribution in [0.15, 0.2) is 42.5 Å². The molecule has 1 aliphatic heterocycles. The van der Waals surface area contributed by atoms with Crippen LogP contribution in [0.2, 0.25) is 0 Å². The molecule has 0 spiro atoms. The van der Waals surface area contributed by atoms with Crippen LogP contribution in [0.3, 0.4) is 0 Å². The normalized spacial score (nSPS) is 16.6. The van der Waals surface area contributed by atoms with Gasteiger partial charge in [0.25, 0.3) is 0 Å². The Kier molecular flexibility index (Phi) is 4.60. The lowest BCUT2D eigenvalue weighted by molar-refractivity contribution is 0.192. The smallest absolute Gasteiger partial charge is 0.143 e. The molecule has 1 unspecified atom stereocenters. The molecule has 23 heavy (non-hydrogen) atoms. The van der Waals surface area contributed by atoms with E-state index in [4.69, 9.17) is 9.47 Å². The molecule has 0 radical (unpaired) electrons. The van der Waals surface area contributed by atoms with Crippen LogP contribution in [0.1, 0.15) is 19.4 Å². The topological polar surface area (TPSA) is 41.9 Å². The lowest BCUT2D eigenvalue weighted by Crippen LogP contribution is -2.41. The molecule has 1 aliphatic rings. The number of fused-ring (bicyclic) bond motifs is 1. The van der Waals surface area contributed by atoms with Crippen LogP contribution in [0.4, 0.5) is 5.69 Å². The second-order valence-corrected chi connectivity index (χ2v) is 5.68. The predicted molar refractivity (Wildman–Crippen MR) is 91.7 cm³/mol. The number of rotatable bonds is 5. The summed E-state index contributed by atoms with van der Waals surface area (Å²) in [6.45, 7) is 6.45. The van der Waals surface area contributed by atoms with Crippen LogP contribution in [-0.4, -0.2) is 30.9 Å². The number of anilines is 1. The average Bonchev–Trinajstić information content (AvgIpc) is 2.56. The van der Waals surface area contributed by atoms with Gasteiger partial charge < -0.3 is 19.5 Å². The molecule has 0 saturated heterocycles. The van der Waals surface area contributed by atoms with Gasteiger partial charge in [0.15, 0.2) is 0 Å². The van der Waals surface area contributed by atoms with E-state index in [1.807, 2.05) is 31.2 Å². The Morgan fingerprint density at radius 1 is 1.22 bits per heavy atom. The standard InChI is InChI=1S/C19H23NO3/c1-3-20-13-16(23-19-10-9-15(21)12-17(19)20)11-14-7-5-6-8-18(14)22-4-2/h5-10,12,16,21H,3-4,11,13H2,1-2H3. The number of phenols is 1. The van der Waals surface area contributed by atoms with Crippen molar-refractivity contribution in [2.24, 2.45) is 0 Å². The Morgan fingerprint density at radius 2 is 2.04 bits per heavy atom. The van der Waals surface area contributed by atoms with Crippen molar-refractivity contribution in [3.63, 3.8) is 0 Å². The predicted octanol–water partition coefficient (Wildman–Crippen LogP) is 3.62. The fourth-order valence-electron chi connectivity index (χ4n) is 3.03. The molecular formula is C19H23NO3. The lowest BCUT2D eigenvalue weighted by Gasteiger charge is -2.36. The van der Waals surface area contributed by atoms with Crippen LogP contribution < -0.4 is 14.4 Å². The molecule has 1 atom stereocenters. The number of hydrogen-bond donors (Lipinski definition) is 1. The molecule has 0 aliphatic carbocycles. The number of aromatic hydroxyl groups is 1. The van der Waals surface area contributed by atoms with Crippen LogP contribution in [-0.2, 0) is 6.42 Å². The summed E-state index contributed by atoms with van der Waals surface area (Å²) < 4.78 is 11.9. The Morgan fingerprint density at radius 3 is 2.83 bits per heavy atom. The zero-order chi connectivity index (χ0) is 16.2. The summed E-state index contributed by atoms with van der Waals surface area (Å²) in [5.74, 6) is 2.03. The van der Waals surface area contributed by atoms with Gasteiger partial charge in [-0.3, -0.25) is 0 Å². The maximum absolute atomic E-state index is 9.70. The zero-order valence-electron chi connectivity index (χ0n) is 13.7. The highest BCUT2D eigenvalue weighted by molar-refractivity contribution is 5.63. The molecule has 0 amide bonds. The van der Waals surface area contributed by atoms with Gasteiger partial charge in [0.1, 0.15) is 23.4 Å². The molecule has 122 valence electrons. The number of ether oxygens (including phenoxy) is 2. The Bertz CT molecular complexity index is 671. The van der Waals surface area contributed by atoms with Gasteiger partial charge in [-0.15, -0.1) is 0 Å². The summed E-state index contributed by atoms with van der Waals surface area (Å²) in [6, 6.07) is 13.4. The van der Waals surface area contributed by atoms with Crippen molar-refractivity contribution in [1.82, 2.24) is 0 Å². The summed E-state index contributed by atoms with van der Waals surface area (Å²) in [7, 11) is 0. The van der Waals surface area contributed by atoms with Crippen molar-refractivity contribution < 1.29 is 14.6 Å². The van der Waals surface area contributed by atoms with E-state index in [0.29, 0.717) is 6.61 Å². The summed E-state index contributed by atoms with van der Waals surface area (Å²) in [5.41, 5.74) is 2.12. The van der Waals surface area contributed by atoms with Crippen LogP contribution in [0.5, 0.6) is 17.2 Å². The maximum atomic E-state index is 9.70. The average molecular weight is 313 g/mol. The largest absolute Gasteiger partial charge is 0.508 e. The highest BCUT2D eigenvalue weighted by Crippen LogP contribution is 2.37. The molecule has 0 aromatic heterocycles. The van der Waals surface area contributed by atoms with Crippen molar-refractivity contribution in [1.29, 1.82) is 0 Å². The van der Waals surface area contributed by atoms with Gasteiger partial charge in [-0.2, -0.15) is 0 Å². The fraction of sp³-hybridized carbons (Fsp3) is 0.368. The van der Waals surface area contributed by atoms with Gasteiger partial charge in [0, 0.05) is 19.0 Å². The van der Waals surface area contributed by atoms with E-state index in [1.54, 1.807) is 12.1 Å². The molecule has 3 rings (SSSR count). The first-order chi connectivity index (χ1) is 11.2.